The van der Waals surface area contributed by atoms with Gasteiger partial charge < -0.3 is 10.1 Å². The first kappa shape index (κ1) is 15.8. The first-order valence-electron chi connectivity index (χ1n) is 6.56. The van der Waals surface area contributed by atoms with E-state index < -0.39 is 5.97 Å². The Morgan fingerprint density at radius 1 is 1.09 bits per heavy atom. The highest BCUT2D eigenvalue weighted by atomic mass is 35.5. The number of carbonyl (C=O) groups is 2. The number of nitrogens with one attached hydrogen (secondary N) is 1. The van der Waals surface area contributed by atoms with Gasteiger partial charge in [0.25, 0.3) is 5.91 Å². The highest BCUT2D eigenvalue weighted by Crippen LogP contribution is 2.23. The summed E-state index contributed by atoms with van der Waals surface area (Å²) in [5.74, 6) is -0.370. The van der Waals surface area contributed by atoms with E-state index in [1.165, 1.54) is 6.08 Å². The minimum Gasteiger partial charge on any atom is -0.422 e. The zero-order valence-corrected chi connectivity index (χ0v) is 12.6. The van der Waals surface area contributed by atoms with Crippen molar-refractivity contribution >= 4 is 29.6 Å². The van der Waals surface area contributed by atoms with Gasteiger partial charge in [0.2, 0.25) is 0 Å². The van der Waals surface area contributed by atoms with E-state index in [9.17, 15) is 9.59 Å². The fraction of sp³-hybridized carbons (Fsp3) is 0.0588. The first-order chi connectivity index (χ1) is 10.6. The smallest absolute Gasteiger partial charge is 0.336 e. The minimum absolute atomic E-state index is 0.159. The summed E-state index contributed by atoms with van der Waals surface area (Å²) in [7, 11) is 1.57. The zero-order valence-electron chi connectivity index (χ0n) is 11.9. The highest BCUT2D eigenvalue weighted by Gasteiger charge is 2.05. The molecule has 2 aromatic rings. The van der Waals surface area contributed by atoms with Gasteiger partial charge in [0.1, 0.15) is 5.75 Å². The predicted octanol–water partition coefficient (Wildman–Crippen LogP) is 3.32. The van der Waals surface area contributed by atoms with Gasteiger partial charge in [-0.05, 0) is 35.9 Å². The fourth-order valence-corrected chi connectivity index (χ4v) is 1.90. The van der Waals surface area contributed by atoms with Gasteiger partial charge in [0.15, 0.2) is 0 Å². The van der Waals surface area contributed by atoms with E-state index in [0.717, 1.165) is 5.56 Å². The number of carbonyl (C=O) groups excluding carboxylic acids is 2. The summed E-state index contributed by atoms with van der Waals surface area (Å²) in [4.78, 5) is 23.1. The Balaban J connectivity index is 2.01. The molecule has 5 heteroatoms. The molecule has 0 unspecified atom stereocenters. The normalized spacial score (nSPS) is 10.5. The molecule has 0 aliphatic rings. The average Bonchev–Trinajstić information content (AvgIpc) is 2.55. The second kappa shape index (κ2) is 7.43. The van der Waals surface area contributed by atoms with Crippen molar-refractivity contribution in [1.29, 1.82) is 0 Å². The van der Waals surface area contributed by atoms with Crippen molar-refractivity contribution in [2.45, 2.75) is 0 Å². The summed E-state index contributed by atoms with van der Waals surface area (Å²) in [6.07, 6.45) is 2.91. The van der Waals surface area contributed by atoms with E-state index in [1.807, 2.05) is 0 Å². The Morgan fingerprint density at radius 2 is 1.77 bits per heavy atom. The first-order valence-corrected chi connectivity index (χ1v) is 6.94. The lowest BCUT2D eigenvalue weighted by Crippen LogP contribution is -2.17. The van der Waals surface area contributed by atoms with Crippen LogP contribution in [0.15, 0.2) is 54.6 Å². The molecule has 4 nitrogen and oxygen atoms in total. The molecule has 0 spiro atoms. The van der Waals surface area contributed by atoms with Crippen LogP contribution in [0.4, 0.5) is 0 Å². The van der Waals surface area contributed by atoms with E-state index in [4.69, 9.17) is 16.3 Å². The molecule has 2 rings (SSSR count). The van der Waals surface area contributed by atoms with Crippen LogP contribution in [0.5, 0.6) is 5.75 Å². The van der Waals surface area contributed by atoms with Crippen molar-refractivity contribution in [2.75, 3.05) is 7.05 Å². The van der Waals surface area contributed by atoms with E-state index in [2.05, 4.69) is 5.32 Å². The van der Waals surface area contributed by atoms with E-state index in [1.54, 1.807) is 61.7 Å². The minimum atomic E-state index is -0.525. The van der Waals surface area contributed by atoms with Crippen LogP contribution in [-0.2, 0) is 4.79 Å². The van der Waals surface area contributed by atoms with Crippen LogP contribution in [0.25, 0.3) is 6.08 Å². The monoisotopic (exact) mass is 315 g/mol. The third-order valence-electron chi connectivity index (χ3n) is 2.86. The molecular weight excluding hydrogens is 302 g/mol. The van der Waals surface area contributed by atoms with Crippen LogP contribution in [-0.4, -0.2) is 18.9 Å². The molecule has 112 valence electrons. The lowest BCUT2D eigenvalue weighted by molar-refractivity contribution is -0.128. The standard InChI is InChI=1S/C17H14ClNO3/c1-19-17(21)13-9-6-12(7-10-13)8-11-16(20)22-15-5-3-2-4-14(15)18/h2-11H,1H3,(H,19,21)/b11-8+. The maximum atomic E-state index is 11.7. The number of hydrogen-bond donors (Lipinski definition) is 1. The van der Waals surface area contributed by atoms with Gasteiger partial charge in [-0.2, -0.15) is 0 Å². The number of para-hydroxylation sites is 1. The van der Waals surface area contributed by atoms with E-state index in [-0.39, 0.29) is 5.91 Å². The van der Waals surface area contributed by atoms with Crippen LogP contribution in [0, 0.1) is 0 Å². The van der Waals surface area contributed by atoms with Gasteiger partial charge in [-0.15, -0.1) is 0 Å². The van der Waals surface area contributed by atoms with Crippen LogP contribution >= 0.6 is 11.6 Å². The maximum absolute atomic E-state index is 11.7. The molecule has 0 aliphatic heterocycles. The zero-order chi connectivity index (χ0) is 15.9. The third kappa shape index (κ3) is 4.20. The van der Waals surface area contributed by atoms with E-state index >= 15 is 0 Å². The Hall–Kier alpha value is -2.59. The molecule has 0 atom stereocenters. The van der Waals surface area contributed by atoms with Crippen molar-refractivity contribution in [1.82, 2.24) is 5.32 Å². The number of halogens is 1. The fourth-order valence-electron chi connectivity index (χ4n) is 1.72. The number of rotatable bonds is 4. The lowest BCUT2D eigenvalue weighted by Gasteiger charge is -2.03. The summed E-state index contributed by atoms with van der Waals surface area (Å²) in [6.45, 7) is 0. The Kier molecular flexibility index (Phi) is 5.33. The Morgan fingerprint density at radius 3 is 2.41 bits per heavy atom. The predicted molar refractivity (Wildman–Crippen MR) is 86.0 cm³/mol. The summed E-state index contributed by atoms with van der Waals surface area (Å²) in [6, 6.07) is 13.6. The van der Waals surface area contributed by atoms with Crippen molar-refractivity contribution < 1.29 is 14.3 Å². The summed E-state index contributed by atoms with van der Waals surface area (Å²) in [5.41, 5.74) is 1.34. The Labute approximate surface area is 133 Å². The van der Waals surface area contributed by atoms with Crippen molar-refractivity contribution in [3.8, 4) is 5.75 Å². The quantitative estimate of drug-likeness (QED) is 0.535. The number of amides is 1. The van der Waals surface area contributed by atoms with Gasteiger partial charge in [-0.3, -0.25) is 4.79 Å². The molecule has 1 N–H and O–H groups in total. The summed E-state index contributed by atoms with van der Waals surface area (Å²) in [5, 5.41) is 2.91. The van der Waals surface area contributed by atoms with Crippen LogP contribution < -0.4 is 10.1 Å². The molecule has 0 aromatic heterocycles. The molecule has 0 aliphatic carbocycles. The summed E-state index contributed by atoms with van der Waals surface area (Å²) >= 11 is 5.91. The molecule has 0 fully saturated rings. The highest BCUT2D eigenvalue weighted by molar-refractivity contribution is 6.32. The Bertz CT molecular complexity index is 708. The number of esters is 1. The molecule has 0 heterocycles. The average molecular weight is 316 g/mol. The largest absolute Gasteiger partial charge is 0.422 e. The van der Waals surface area contributed by atoms with Crippen molar-refractivity contribution in [3.63, 3.8) is 0 Å². The second-order valence-electron chi connectivity index (χ2n) is 4.39. The van der Waals surface area contributed by atoms with Crippen molar-refractivity contribution in [3.05, 3.63) is 70.8 Å². The topological polar surface area (TPSA) is 55.4 Å². The maximum Gasteiger partial charge on any atom is 0.336 e. The summed E-state index contributed by atoms with van der Waals surface area (Å²) < 4.78 is 5.12. The molecule has 22 heavy (non-hydrogen) atoms. The van der Waals surface area contributed by atoms with Crippen LogP contribution in [0.2, 0.25) is 5.02 Å². The van der Waals surface area contributed by atoms with Gasteiger partial charge in [0.05, 0.1) is 5.02 Å². The molecule has 0 saturated carbocycles. The lowest BCUT2D eigenvalue weighted by atomic mass is 10.1. The number of ether oxygens (including phenoxy) is 1. The second-order valence-corrected chi connectivity index (χ2v) is 4.79. The molecule has 0 bridgehead atoms. The van der Waals surface area contributed by atoms with Gasteiger partial charge in [0, 0.05) is 18.7 Å². The SMILES string of the molecule is CNC(=O)c1ccc(/C=C/C(=O)Oc2ccccc2Cl)cc1. The third-order valence-corrected chi connectivity index (χ3v) is 3.17. The van der Waals surface area contributed by atoms with Gasteiger partial charge >= 0.3 is 5.97 Å². The number of benzene rings is 2. The number of hydrogen-bond acceptors (Lipinski definition) is 3. The molecule has 0 radical (unpaired) electrons. The van der Waals surface area contributed by atoms with Crippen molar-refractivity contribution in [2.24, 2.45) is 0 Å². The molecule has 0 saturated heterocycles. The molecular formula is C17H14ClNO3. The molecule has 1 amide bonds. The van der Waals surface area contributed by atoms with Crippen LogP contribution in [0.3, 0.4) is 0 Å². The van der Waals surface area contributed by atoms with Gasteiger partial charge in [-0.25, -0.2) is 4.79 Å². The van der Waals surface area contributed by atoms with Crippen LogP contribution in [0.1, 0.15) is 15.9 Å². The van der Waals surface area contributed by atoms with Gasteiger partial charge in [-0.1, -0.05) is 35.9 Å². The van der Waals surface area contributed by atoms with E-state index in [0.29, 0.717) is 16.3 Å². The molecule has 2 aromatic carbocycles.